The van der Waals surface area contributed by atoms with E-state index in [1.54, 1.807) is 4.68 Å². The first-order valence-corrected chi connectivity index (χ1v) is 6.69. The van der Waals surface area contributed by atoms with Crippen LogP contribution in [0.15, 0.2) is 48.5 Å². The minimum Gasteiger partial charge on any atom is -0.211 e. The van der Waals surface area contributed by atoms with E-state index in [0.29, 0.717) is 5.69 Å². The molecule has 2 aromatic carbocycles. The van der Waals surface area contributed by atoms with Gasteiger partial charge in [-0.05, 0) is 37.1 Å². The normalized spacial score (nSPS) is 10.3. The number of hydrogen-bond donors (Lipinski definition) is 0. The van der Waals surface area contributed by atoms with E-state index in [4.69, 9.17) is 0 Å². The van der Waals surface area contributed by atoms with Gasteiger partial charge in [0.2, 0.25) is 0 Å². The van der Waals surface area contributed by atoms with Crippen LogP contribution in [0.1, 0.15) is 16.8 Å². The van der Waals surface area contributed by atoms with Gasteiger partial charge in [-0.1, -0.05) is 41.6 Å². The first-order valence-electron chi connectivity index (χ1n) is 6.69. The van der Waals surface area contributed by atoms with Crippen molar-refractivity contribution >= 4 is 0 Å². The van der Waals surface area contributed by atoms with Crippen LogP contribution in [0.25, 0.3) is 16.9 Å². The second-order valence-electron chi connectivity index (χ2n) is 4.94. The summed E-state index contributed by atoms with van der Waals surface area (Å²) < 4.78 is 1.72. The Bertz CT molecular complexity index is 826. The van der Waals surface area contributed by atoms with Gasteiger partial charge < -0.3 is 0 Å². The van der Waals surface area contributed by atoms with Crippen LogP contribution < -0.4 is 0 Å². The van der Waals surface area contributed by atoms with E-state index in [1.807, 2.05) is 42.5 Å². The first-order chi connectivity index (χ1) is 10.2. The highest BCUT2D eigenvalue weighted by Crippen LogP contribution is 2.25. The maximum Gasteiger partial charge on any atom is 0.191 e. The van der Waals surface area contributed by atoms with Crippen molar-refractivity contribution in [1.82, 2.24) is 15.0 Å². The van der Waals surface area contributed by atoms with Gasteiger partial charge in [0, 0.05) is 5.56 Å². The van der Waals surface area contributed by atoms with E-state index in [0.717, 1.165) is 16.9 Å². The molecule has 21 heavy (non-hydrogen) atoms. The maximum atomic E-state index is 9.27. The van der Waals surface area contributed by atoms with E-state index < -0.39 is 0 Å². The van der Waals surface area contributed by atoms with Crippen molar-refractivity contribution in [3.8, 4) is 23.0 Å². The number of rotatable bonds is 2. The lowest BCUT2D eigenvalue weighted by Crippen LogP contribution is -2.00. The predicted octanol–water partition coefficient (Wildman–Crippen LogP) is 3.42. The SMILES string of the molecule is Cc1ccc(-n2nnc(C#N)c2-c2ccccc2)cc1C. The molecule has 0 saturated heterocycles. The van der Waals surface area contributed by atoms with Crippen LogP contribution in [0.2, 0.25) is 0 Å². The molecule has 0 atom stereocenters. The average Bonchev–Trinajstić information content (AvgIpc) is 2.95. The molecule has 0 aliphatic rings. The molecular formula is C17H14N4. The number of aryl methyl sites for hydroxylation is 2. The van der Waals surface area contributed by atoms with Gasteiger partial charge in [-0.3, -0.25) is 0 Å². The molecule has 0 spiro atoms. The Labute approximate surface area is 123 Å². The van der Waals surface area contributed by atoms with Gasteiger partial charge in [0.05, 0.1) is 5.69 Å². The minimum absolute atomic E-state index is 0.333. The highest BCUT2D eigenvalue weighted by molar-refractivity contribution is 5.67. The van der Waals surface area contributed by atoms with Crippen molar-refractivity contribution in [3.63, 3.8) is 0 Å². The van der Waals surface area contributed by atoms with Crippen molar-refractivity contribution in [1.29, 1.82) is 5.26 Å². The fourth-order valence-electron chi connectivity index (χ4n) is 2.25. The third kappa shape index (κ3) is 2.30. The molecule has 1 heterocycles. The molecule has 4 nitrogen and oxygen atoms in total. The Morgan fingerprint density at radius 1 is 1.00 bits per heavy atom. The topological polar surface area (TPSA) is 54.5 Å². The quantitative estimate of drug-likeness (QED) is 0.719. The monoisotopic (exact) mass is 274 g/mol. The minimum atomic E-state index is 0.333. The Kier molecular flexibility index (Phi) is 3.25. The van der Waals surface area contributed by atoms with Crippen molar-refractivity contribution < 1.29 is 0 Å². The number of benzene rings is 2. The highest BCUT2D eigenvalue weighted by atomic mass is 15.4. The van der Waals surface area contributed by atoms with Gasteiger partial charge >= 0.3 is 0 Å². The summed E-state index contributed by atoms with van der Waals surface area (Å²) >= 11 is 0. The third-order valence-electron chi connectivity index (χ3n) is 3.56. The molecule has 4 heteroatoms. The van der Waals surface area contributed by atoms with Crippen molar-refractivity contribution in [3.05, 3.63) is 65.4 Å². The van der Waals surface area contributed by atoms with Gasteiger partial charge in [-0.25, -0.2) is 4.68 Å². The van der Waals surface area contributed by atoms with E-state index in [-0.39, 0.29) is 0 Å². The summed E-state index contributed by atoms with van der Waals surface area (Å²) in [5, 5.41) is 17.4. The van der Waals surface area contributed by atoms with E-state index in [1.165, 1.54) is 11.1 Å². The van der Waals surface area contributed by atoms with Crippen LogP contribution in [-0.2, 0) is 0 Å². The second kappa shape index (κ2) is 5.22. The summed E-state index contributed by atoms with van der Waals surface area (Å²) in [7, 11) is 0. The summed E-state index contributed by atoms with van der Waals surface area (Å²) in [6.45, 7) is 4.13. The van der Waals surface area contributed by atoms with E-state index in [2.05, 4.69) is 36.3 Å². The summed E-state index contributed by atoms with van der Waals surface area (Å²) in [5.41, 5.74) is 5.30. The first kappa shape index (κ1) is 13.1. The predicted molar refractivity (Wildman–Crippen MR) is 81.0 cm³/mol. The smallest absolute Gasteiger partial charge is 0.191 e. The zero-order valence-electron chi connectivity index (χ0n) is 11.9. The lowest BCUT2D eigenvalue weighted by Gasteiger charge is -2.08. The molecule has 1 aromatic heterocycles. The highest BCUT2D eigenvalue weighted by Gasteiger charge is 2.16. The van der Waals surface area contributed by atoms with Gasteiger partial charge in [0.1, 0.15) is 11.8 Å². The zero-order chi connectivity index (χ0) is 14.8. The summed E-state index contributed by atoms with van der Waals surface area (Å²) in [5.74, 6) is 0. The van der Waals surface area contributed by atoms with Crippen LogP contribution in [0.5, 0.6) is 0 Å². The second-order valence-corrected chi connectivity index (χ2v) is 4.94. The molecule has 0 radical (unpaired) electrons. The number of nitrogens with zero attached hydrogens (tertiary/aromatic N) is 4. The maximum absolute atomic E-state index is 9.27. The largest absolute Gasteiger partial charge is 0.211 e. The van der Waals surface area contributed by atoms with E-state index >= 15 is 0 Å². The van der Waals surface area contributed by atoms with Gasteiger partial charge in [0.25, 0.3) is 0 Å². The summed E-state index contributed by atoms with van der Waals surface area (Å²) in [6, 6.07) is 17.9. The van der Waals surface area contributed by atoms with Crippen LogP contribution in [-0.4, -0.2) is 15.0 Å². The van der Waals surface area contributed by atoms with Crippen molar-refractivity contribution in [2.45, 2.75) is 13.8 Å². The number of aromatic nitrogens is 3. The van der Waals surface area contributed by atoms with Gasteiger partial charge in [-0.2, -0.15) is 5.26 Å². The molecule has 3 rings (SSSR count). The Balaban J connectivity index is 2.23. The van der Waals surface area contributed by atoms with Crippen LogP contribution in [0.4, 0.5) is 0 Å². The lowest BCUT2D eigenvalue weighted by atomic mass is 10.1. The summed E-state index contributed by atoms with van der Waals surface area (Å²) in [4.78, 5) is 0. The van der Waals surface area contributed by atoms with E-state index in [9.17, 15) is 5.26 Å². The van der Waals surface area contributed by atoms with Crippen LogP contribution in [0.3, 0.4) is 0 Å². The molecule has 0 N–H and O–H groups in total. The van der Waals surface area contributed by atoms with Crippen molar-refractivity contribution in [2.24, 2.45) is 0 Å². The molecule has 102 valence electrons. The van der Waals surface area contributed by atoms with Crippen LogP contribution in [0, 0.1) is 25.2 Å². The zero-order valence-corrected chi connectivity index (χ0v) is 11.9. The van der Waals surface area contributed by atoms with Crippen molar-refractivity contribution in [2.75, 3.05) is 0 Å². The Morgan fingerprint density at radius 3 is 2.43 bits per heavy atom. The summed E-state index contributed by atoms with van der Waals surface area (Å²) in [6.07, 6.45) is 0. The van der Waals surface area contributed by atoms with Crippen LogP contribution >= 0.6 is 0 Å². The fourth-order valence-corrected chi connectivity index (χ4v) is 2.25. The molecule has 0 fully saturated rings. The number of nitriles is 1. The molecule has 3 aromatic rings. The van der Waals surface area contributed by atoms with Gasteiger partial charge in [-0.15, -0.1) is 5.10 Å². The standard InChI is InChI=1S/C17H14N4/c1-12-8-9-15(10-13(12)2)21-17(16(11-18)19-20-21)14-6-4-3-5-7-14/h3-10H,1-2H3. The average molecular weight is 274 g/mol. The fraction of sp³-hybridized carbons (Fsp3) is 0.118. The molecule has 0 unspecified atom stereocenters. The molecule has 0 amide bonds. The molecule has 0 saturated carbocycles. The number of hydrogen-bond acceptors (Lipinski definition) is 3. The lowest BCUT2D eigenvalue weighted by molar-refractivity contribution is 0.805. The Hall–Kier alpha value is -2.93. The molecule has 0 aliphatic heterocycles. The molecule has 0 bridgehead atoms. The van der Waals surface area contributed by atoms with Gasteiger partial charge in [0.15, 0.2) is 5.69 Å². The molecular weight excluding hydrogens is 260 g/mol. The molecule has 0 aliphatic carbocycles. The third-order valence-corrected chi connectivity index (χ3v) is 3.56. The Morgan fingerprint density at radius 2 is 1.76 bits per heavy atom.